The van der Waals surface area contributed by atoms with Crippen molar-refractivity contribution in [2.24, 2.45) is 10.7 Å². The SMILES string of the molecule is CC1=C[C@H](N)[N-]C(Cl)=N1. The normalized spacial score (nSPS) is 26.3. The minimum Gasteiger partial charge on any atom is -0.436 e. The molecule has 3 nitrogen and oxygen atoms in total. The van der Waals surface area contributed by atoms with Crippen LogP contribution in [0.3, 0.4) is 0 Å². The molecule has 0 aromatic carbocycles. The van der Waals surface area contributed by atoms with Crippen LogP contribution in [-0.4, -0.2) is 11.5 Å². The second-order valence-corrected chi connectivity index (χ2v) is 2.15. The topological polar surface area (TPSA) is 52.5 Å². The lowest BCUT2D eigenvalue weighted by Gasteiger charge is -2.24. The lowest BCUT2D eigenvalue weighted by molar-refractivity contribution is 0.967. The van der Waals surface area contributed by atoms with Crippen LogP contribution in [0.5, 0.6) is 0 Å². The summed E-state index contributed by atoms with van der Waals surface area (Å²) >= 11 is 5.47. The maximum Gasteiger partial charge on any atom is 0.0284 e. The van der Waals surface area contributed by atoms with Crippen LogP contribution in [0.1, 0.15) is 6.92 Å². The van der Waals surface area contributed by atoms with E-state index in [2.05, 4.69) is 10.3 Å². The molecule has 0 saturated heterocycles. The molecule has 1 aliphatic heterocycles. The van der Waals surface area contributed by atoms with Crippen molar-refractivity contribution in [3.05, 3.63) is 17.1 Å². The van der Waals surface area contributed by atoms with Crippen molar-refractivity contribution in [2.75, 3.05) is 0 Å². The van der Waals surface area contributed by atoms with Gasteiger partial charge in [-0.25, -0.2) is 0 Å². The zero-order valence-electron chi connectivity index (χ0n) is 5.00. The maximum atomic E-state index is 5.47. The summed E-state index contributed by atoms with van der Waals surface area (Å²) in [6.45, 7) is 1.83. The minimum atomic E-state index is -0.310. The Labute approximate surface area is 58.6 Å². The Morgan fingerprint density at radius 3 is 3.00 bits per heavy atom. The third-order valence-electron chi connectivity index (χ3n) is 0.936. The van der Waals surface area contributed by atoms with Crippen molar-refractivity contribution in [3.8, 4) is 0 Å². The number of amidine groups is 1. The Balaban J connectivity index is 2.74. The van der Waals surface area contributed by atoms with E-state index in [0.717, 1.165) is 5.70 Å². The second-order valence-electron chi connectivity index (χ2n) is 1.81. The van der Waals surface area contributed by atoms with Crippen molar-refractivity contribution < 1.29 is 0 Å². The molecule has 1 rings (SSSR count). The van der Waals surface area contributed by atoms with Crippen molar-refractivity contribution in [1.82, 2.24) is 0 Å². The number of nitrogens with zero attached hydrogens (tertiary/aromatic N) is 2. The zero-order chi connectivity index (χ0) is 6.85. The van der Waals surface area contributed by atoms with E-state index in [1.807, 2.05) is 6.92 Å². The first kappa shape index (κ1) is 6.58. The molecule has 0 aromatic rings. The minimum absolute atomic E-state index is 0.238. The Morgan fingerprint density at radius 2 is 2.56 bits per heavy atom. The van der Waals surface area contributed by atoms with Crippen molar-refractivity contribution >= 4 is 16.9 Å². The molecule has 2 N–H and O–H groups in total. The molecule has 0 saturated carbocycles. The van der Waals surface area contributed by atoms with E-state index in [-0.39, 0.29) is 11.5 Å². The van der Waals surface area contributed by atoms with Crippen LogP contribution < -0.4 is 5.73 Å². The van der Waals surface area contributed by atoms with E-state index < -0.39 is 0 Å². The molecule has 0 spiro atoms. The average Bonchev–Trinajstić information content (AvgIpc) is 1.59. The summed E-state index contributed by atoms with van der Waals surface area (Å²) in [5.41, 5.74) is 6.23. The molecule has 1 heterocycles. The Kier molecular flexibility index (Phi) is 1.73. The molecule has 0 fully saturated rings. The fraction of sp³-hybridized carbons (Fsp3) is 0.400. The lowest BCUT2D eigenvalue weighted by Crippen LogP contribution is -2.20. The zero-order valence-corrected chi connectivity index (χ0v) is 5.76. The van der Waals surface area contributed by atoms with Gasteiger partial charge in [0.15, 0.2) is 0 Å². The average molecular weight is 145 g/mol. The van der Waals surface area contributed by atoms with Gasteiger partial charge in [0, 0.05) is 11.5 Å². The number of nitrogens with two attached hydrogens (primary N) is 1. The predicted octanol–water partition coefficient (Wildman–Crippen LogP) is 1.16. The summed E-state index contributed by atoms with van der Waals surface area (Å²) < 4.78 is 0. The number of hydrogen-bond acceptors (Lipinski definition) is 2. The van der Waals surface area contributed by atoms with Crippen LogP contribution in [0.2, 0.25) is 0 Å². The highest BCUT2D eigenvalue weighted by molar-refractivity contribution is 6.68. The molecule has 0 radical (unpaired) electrons. The molecule has 1 aliphatic rings. The standard InChI is InChI=1S/C5H7ClN3/c1-3-2-4(7)9-5(6)8-3/h2,4H,7H2,1H3/q-1/t4-/m1/s1. The summed E-state index contributed by atoms with van der Waals surface area (Å²) in [5.74, 6) is 0. The summed E-state index contributed by atoms with van der Waals surface area (Å²) in [7, 11) is 0. The van der Waals surface area contributed by atoms with E-state index in [9.17, 15) is 0 Å². The number of aliphatic imine (C=N–C) groups is 1. The van der Waals surface area contributed by atoms with Gasteiger partial charge in [-0.05, 0) is 6.92 Å². The van der Waals surface area contributed by atoms with Crippen LogP contribution in [-0.2, 0) is 0 Å². The third-order valence-corrected chi connectivity index (χ3v) is 1.12. The number of allylic oxidation sites excluding steroid dienone is 1. The largest absolute Gasteiger partial charge is 0.436 e. The summed E-state index contributed by atoms with van der Waals surface area (Å²) in [5, 5.41) is 3.99. The van der Waals surface area contributed by atoms with Crippen molar-refractivity contribution in [1.29, 1.82) is 0 Å². The van der Waals surface area contributed by atoms with Gasteiger partial charge in [0.1, 0.15) is 0 Å². The number of hydrogen-bond donors (Lipinski definition) is 1. The molecule has 0 bridgehead atoms. The molecule has 50 valence electrons. The highest BCUT2D eigenvalue weighted by Crippen LogP contribution is 2.13. The fourth-order valence-electron chi connectivity index (χ4n) is 0.619. The van der Waals surface area contributed by atoms with Gasteiger partial charge < -0.3 is 16.0 Å². The van der Waals surface area contributed by atoms with Gasteiger partial charge in [0.25, 0.3) is 0 Å². The maximum absolute atomic E-state index is 5.47. The lowest BCUT2D eigenvalue weighted by atomic mass is 10.3. The van der Waals surface area contributed by atoms with Crippen LogP contribution in [0.15, 0.2) is 16.8 Å². The van der Waals surface area contributed by atoms with E-state index >= 15 is 0 Å². The van der Waals surface area contributed by atoms with E-state index in [1.165, 1.54) is 0 Å². The van der Waals surface area contributed by atoms with Gasteiger partial charge in [-0.2, -0.15) is 0 Å². The highest BCUT2D eigenvalue weighted by atomic mass is 35.5. The van der Waals surface area contributed by atoms with Crippen LogP contribution in [0, 0.1) is 0 Å². The van der Waals surface area contributed by atoms with Gasteiger partial charge in [0.05, 0.1) is 0 Å². The highest BCUT2D eigenvalue weighted by Gasteiger charge is 1.95. The first-order valence-corrected chi connectivity index (χ1v) is 2.95. The van der Waals surface area contributed by atoms with Gasteiger partial charge in [-0.15, -0.1) is 0 Å². The monoisotopic (exact) mass is 144 g/mol. The van der Waals surface area contributed by atoms with E-state index in [4.69, 9.17) is 17.3 Å². The molecule has 0 amide bonds. The van der Waals surface area contributed by atoms with Gasteiger partial charge in [-0.1, -0.05) is 23.4 Å². The van der Waals surface area contributed by atoms with Crippen molar-refractivity contribution in [2.45, 2.75) is 13.1 Å². The summed E-state index contributed by atoms with van der Waals surface area (Å²) in [4.78, 5) is 3.83. The number of halogens is 1. The molecule has 0 aromatic heterocycles. The van der Waals surface area contributed by atoms with Crippen molar-refractivity contribution in [3.63, 3.8) is 0 Å². The summed E-state index contributed by atoms with van der Waals surface area (Å²) in [6.07, 6.45) is 1.43. The van der Waals surface area contributed by atoms with Gasteiger partial charge in [-0.3, -0.25) is 0 Å². The predicted molar refractivity (Wildman–Crippen MR) is 38.4 cm³/mol. The van der Waals surface area contributed by atoms with Crippen LogP contribution in [0.4, 0.5) is 0 Å². The Morgan fingerprint density at radius 1 is 1.89 bits per heavy atom. The van der Waals surface area contributed by atoms with E-state index in [0.29, 0.717) is 0 Å². The molecule has 4 heteroatoms. The summed E-state index contributed by atoms with van der Waals surface area (Å²) in [6, 6.07) is 0. The van der Waals surface area contributed by atoms with Gasteiger partial charge >= 0.3 is 0 Å². The fourth-order valence-corrected chi connectivity index (χ4v) is 0.865. The first-order valence-electron chi connectivity index (χ1n) is 2.57. The van der Waals surface area contributed by atoms with E-state index in [1.54, 1.807) is 6.08 Å². The molecular formula is C5H7ClN3-. The van der Waals surface area contributed by atoms with Gasteiger partial charge in [0.2, 0.25) is 0 Å². The van der Waals surface area contributed by atoms with Crippen LogP contribution >= 0.6 is 11.6 Å². The Bertz CT molecular complexity index is 173. The molecule has 1 atom stereocenters. The smallest absolute Gasteiger partial charge is 0.0284 e. The quantitative estimate of drug-likeness (QED) is 0.510. The molecular weight excluding hydrogens is 138 g/mol. The number of rotatable bonds is 0. The first-order chi connectivity index (χ1) is 4.18. The molecule has 0 aliphatic carbocycles. The third kappa shape index (κ3) is 1.69. The molecule has 0 unspecified atom stereocenters. The Hall–Kier alpha value is -0.540. The second kappa shape index (κ2) is 2.37. The van der Waals surface area contributed by atoms with Crippen LogP contribution in [0.25, 0.3) is 5.32 Å². The molecule has 9 heavy (non-hydrogen) atoms.